The molecular weight excluding hydrogens is 256 g/mol. The molecule has 0 radical (unpaired) electrons. The summed E-state index contributed by atoms with van der Waals surface area (Å²) in [6, 6.07) is 9.12. The van der Waals surface area contributed by atoms with E-state index in [1.165, 1.54) is 4.57 Å². The van der Waals surface area contributed by atoms with Crippen LogP contribution in [0.25, 0.3) is 10.9 Å². The van der Waals surface area contributed by atoms with Gasteiger partial charge in [-0.05, 0) is 24.3 Å². The Kier molecular flexibility index (Phi) is 2.33. The maximum Gasteiger partial charge on any atom is 0.268 e. The Labute approximate surface area is 94.7 Å². The SMILES string of the molecule is Cn1c(=O)c(C#N)cc2cc(Br)ccc21. The fourth-order valence-electron chi connectivity index (χ4n) is 1.53. The second-order valence-electron chi connectivity index (χ2n) is 3.24. The van der Waals surface area contributed by atoms with Gasteiger partial charge in [-0.25, -0.2) is 0 Å². The van der Waals surface area contributed by atoms with Gasteiger partial charge >= 0.3 is 0 Å². The molecule has 0 saturated heterocycles. The zero-order valence-electron chi connectivity index (χ0n) is 7.99. The van der Waals surface area contributed by atoms with Gasteiger partial charge in [0.25, 0.3) is 5.56 Å². The Hall–Kier alpha value is -1.60. The quantitative estimate of drug-likeness (QED) is 0.731. The summed E-state index contributed by atoms with van der Waals surface area (Å²) in [6.07, 6.45) is 0. The van der Waals surface area contributed by atoms with Crippen LogP contribution in [0.4, 0.5) is 0 Å². The maximum absolute atomic E-state index is 11.6. The van der Waals surface area contributed by atoms with E-state index in [2.05, 4.69) is 15.9 Å². The minimum absolute atomic E-state index is 0.170. The third-order valence-corrected chi connectivity index (χ3v) is 2.80. The van der Waals surface area contributed by atoms with Crippen molar-refractivity contribution in [3.63, 3.8) is 0 Å². The minimum atomic E-state index is -0.257. The third kappa shape index (κ3) is 1.55. The third-order valence-electron chi connectivity index (χ3n) is 2.31. The van der Waals surface area contributed by atoms with Gasteiger partial charge in [0.2, 0.25) is 0 Å². The van der Waals surface area contributed by atoms with Crippen LogP contribution in [0.1, 0.15) is 5.56 Å². The molecule has 0 unspecified atom stereocenters. The molecule has 1 aromatic carbocycles. The van der Waals surface area contributed by atoms with Gasteiger partial charge in [0.1, 0.15) is 11.6 Å². The van der Waals surface area contributed by atoms with Crippen molar-refractivity contribution in [1.29, 1.82) is 5.26 Å². The van der Waals surface area contributed by atoms with E-state index in [4.69, 9.17) is 5.26 Å². The molecule has 0 spiro atoms. The molecule has 0 aliphatic heterocycles. The van der Waals surface area contributed by atoms with Gasteiger partial charge in [-0.1, -0.05) is 15.9 Å². The summed E-state index contributed by atoms with van der Waals surface area (Å²) in [5.74, 6) is 0. The molecule has 74 valence electrons. The highest BCUT2D eigenvalue weighted by Crippen LogP contribution is 2.18. The first-order chi connectivity index (χ1) is 7.13. The van der Waals surface area contributed by atoms with Crippen LogP contribution >= 0.6 is 15.9 Å². The van der Waals surface area contributed by atoms with Gasteiger partial charge in [-0.3, -0.25) is 4.79 Å². The molecule has 2 aromatic rings. The first-order valence-corrected chi connectivity index (χ1v) is 5.12. The number of rotatable bonds is 0. The van der Waals surface area contributed by atoms with Crippen molar-refractivity contribution in [2.45, 2.75) is 0 Å². The van der Waals surface area contributed by atoms with Crippen molar-refractivity contribution in [2.24, 2.45) is 7.05 Å². The van der Waals surface area contributed by atoms with E-state index in [0.717, 1.165) is 15.4 Å². The summed E-state index contributed by atoms with van der Waals surface area (Å²) in [6.45, 7) is 0. The van der Waals surface area contributed by atoms with Crippen LogP contribution in [0.2, 0.25) is 0 Å². The van der Waals surface area contributed by atoms with E-state index in [0.29, 0.717) is 0 Å². The first kappa shape index (κ1) is 9.94. The van der Waals surface area contributed by atoms with Gasteiger partial charge < -0.3 is 4.57 Å². The standard InChI is InChI=1S/C11H7BrN2O/c1-14-10-3-2-9(12)5-7(10)4-8(6-13)11(14)15/h2-5H,1H3. The molecule has 15 heavy (non-hydrogen) atoms. The highest BCUT2D eigenvalue weighted by atomic mass is 79.9. The van der Waals surface area contributed by atoms with Crippen LogP contribution < -0.4 is 5.56 Å². The predicted molar refractivity (Wildman–Crippen MR) is 61.6 cm³/mol. The summed E-state index contributed by atoms with van der Waals surface area (Å²) < 4.78 is 2.41. The molecular formula is C11H7BrN2O. The Morgan fingerprint density at radius 3 is 2.80 bits per heavy atom. The first-order valence-electron chi connectivity index (χ1n) is 4.33. The van der Waals surface area contributed by atoms with Crippen molar-refractivity contribution in [3.05, 3.63) is 44.7 Å². The van der Waals surface area contributed by atoms with Crippen molar-refractivity contribution in [2.75, 3.05) is 0 Å². The van der Waals surface area contributed by atoms with Crippen molar-refractivity contribution in [1.82, 2.24) is 4.57 Å². The van der Waals surface area contributed by atoms with Crippen LogP contribution in [0.3, 0.4) is 0 Å². The fraction of sp³-hybridized carbons (Fsp3) is 0.0909. The van der Waals surface area contributed by atoms with Crippen molar-refractivity contribution >= 4 is 26.8 Å². The number of aromatic nitrogens is 1. The molecule has 1 heterocycles. The van der Waals surface area contributed by atoms with E-state index in [1.807, 2.05) is 24.3 Å². The van der Waals surface area contributed by atoms with Crippen LogP contribution in [-0.4, -0.2) is 4.57 Å². The lowest BCUT2D eigenvalue weighted by Gasteiger charge is -2.05. The molecule has 0 amide bonds. The Bertz CT molecular complexity index is 637. The topological polar surface area (TPSA) is 45.8 Å². The van der Waals surface area contributed by atoms with E-state index in [-0.39, 0.29) is 11.1 Å². The fourth-order valence-corrected chi connectivity index (χ4v) is 1.91. The number of pyridine rings is 1. The van der Waals surface area contributed by atoms with Gasteiger partial charge in [-0.2, -0.15) is 5.26 Å². The number of nitrogens with zero attached hydrogens (tertiary/aromatic N) is 2. The van der Waals surface area contributed by atoms with Crippen LogP contribution in [-0.2, 0) is 7.05 Å². The minimum Gasteiger partial charge on any atom is -0.310 e. The lowest BCUT2D eigenvalue weighted by atomic mass is 10.1. The summed E-state index contributed by atoms with van der Waals surface area (Å²) in [5, 5.41) is 9.67. The monoisotopic (exact) mass is 262 g/mol. The molecule has 0 fully saturated rings. The van der Waals surface area contributed by atoms with Crippen LogP contribution in [0, 0.1) is 11.3 Å². The molecule has 2 rings (SSSR count). The number of benzene rings is 1. The summed E-state index contributed by atoms with van der Waals surface area (Å²) >= 11 is 3.35. The molecule has 0 N–H and O–H groups in total. The predicted octanol–water partition coefficient (Wildman–Crippen LogP) is 2.17. The maximum atomic E-state index is 11.6. The highest BCUT2D eigenvalue weighted by molar-refractivity contribution is 9.10. The Morgan fingerprint density at radius 2 is 2.13 bits per heavy atom. The Morgan fingerprint density at radius 1 is 1.40 bits per heavy atom. The van der Waals surface area contributed by atoms with Gasteiger partial charge in [0, 0.05) is 16.9 Å². The number of halogens is 1. The summed E-state index contributed by atoms with van der Waals surface area (Å²) in [5.41, 5.74) is 0.734. The number of hydrogen-bond acceptors (Lipinski definition) is 2. The van der Waals surface area contributed by atoms with E-state index < -0.39 is 0 Å². The number of nitriles is 1. The molecule has 3 nitrogen and oxygen atoms in total. The van der Waals surface area contributed by atoms with Crippen molar-refractivity contribution in [3.8, 4) is 6.07 Å². The van der Waals surface area contributed by atoms with Gasteiger partial charge in [0.05, 0.1) is 5.52 Å². The average molecular weight is 263 g/mol. The number of aryl methyl sites for hydroxylation is 1. The lowest BCUT2D eigenvalue weighted by Crippen LogP contribution is -2.19. The van der Waals surface area contributed by atoms with Crippen LogP contribution in [0.15, 0.2) is 33.5 Å². The second-order valence-corrected chi connectivity index (χ2v) is 4.15. The molecule has 0 saturated carbocycles. The van der Waals surface area contributed by atoms with E-state index >= 15 is 0 Å². The molecule has 0 aliphatic rings. The normalized spacial score (nSPS) is 10.2. The van der Waals surface area contributed by atoms with Crippen molar-refractivity contribution < 1.29 is 0 Å². The number of hydrogen-bond donors (Lipinski definition) is 0. The number of fused-ring (bicyclic) bond motifs is 1. The molecule has 1 aromatic heterocycles. The zero-order valence-corrected chi connectivity index (χ0v) is 9.58. The molecule has 0 bridgehead atoms. The average Bonchev–Trinajstić information content (AvgIpc) is 2.23. The van der Waals surface area contributed by atoms with Gasteiger partial charge in [-0.15, -0.1) is 0 Å². The van der Waals surface area contributed by atoms with E-state index in [1.54, 1.807) is 13.1 Å². The second kappa shape index (κ2) is 3.52. The van der Waals surface area contributed by atoms with Gasteiger partial charge in [0.15, 0.2) is 0 Å². The summed E-state index contributed by atoms with van der Waals surface area (Å²) in [7, 11) is 1.67. The molecule has 4 heteroatoms. The molecule has 0 aliphatic carbocycles. The van der Waals surface area contributed by atoms with Crippen LogP contribution in [0.5, 0.6) is 0 Å². The lowest BCUT2D eigenvalue weighted by molar-refractivity contribution is 0.901. The summed E-state index contributed by atoms with van der Waals surface area (Å²) in [4.78, 5) is 11.6. The highest BCUT2D eigenvalue weighted by Gasteiger charge is 2.05. The smallest absolute Gasteiger partial charge is 0.268 e. The van der Waals surface area contributed by atoms with E-state index in [9.17, 15) is 4.79 Å². The Balaban J connectivity index is 2.99. The molecule has 0 atom stereocenters. The largest absolute Gasteiger partial charge is 0.310 e. The zero-order chi connectivity index (χ0) is 11.0.